The van der Waals surface area contributed by atoms with Gasteiger partial charge in [0.25, 0.3) is 0 Å². The van der Waals surface area contributed by atoms with E-state index >= 15 is 0 Å². The van der Waals surface area contributed by atoms with Crippen LogP contribution in [-0.4, -0.2) is 20.0 Å². The van der Waals surface area contributed by atoms with Crippen LogP contribution in [-0.2, 0) is 0 Å². The first-order valence-electron chi connectivity index (χ1n) is 8.43. The van der Waals surface area contributed by atoms with Crippen LogP contribution in [0.4, 0.5) is 0 Å². The standard InChI is InChI=1S/C7H10S.2C6H10N2/c1-6(2)7-4-3-5-8-7;1-6(2)8-5-3-4-7-8;1-5(2)6-3-4-7-8-6/h2*3-6H,1-2H3;3-5H,1-2H3,(H,7,8). The molecule has 0 unspecified atom stereocenters. The molecule has 0 bridgehead atoms. The molecule has 24 heavy (non-hydrogen) atoms. The summed E-state index contributed by atoms with van der Waals surface area (Å²) in [5, 5.41) is 12.9. The monoisotopic (exact) mass is 346 g/mol. The molecule has 3 heterocycles. The van der Waals surface area contributed by atoms with Crippen LogP contribution < -0.4 is 0 Å². The highest BCUT2D eigenvalue weighted by atomic mass is 32.1. The predicted octanol–water partition coefficient (Wildman–Crippen LogP) is 5.87. The Hall–Kier alpha value is -1.88. The minimum absolute atomic E-state index is 0.491. The molecule has 0 radical (unpaired) electrons. The van der Waals surface area contributed by atoms with Crippen molar-refractivity contribution < 1.29 is 0 Å². The summed E-state index contributed by atoms with van der Waals surface area (Å²) in [5.41, 5.74) is 1.20. The maximum Gasteiger partial charge on any atom is 0.0490 e. The summed E-state index contributed by atoms with van der Waals surface area (Å²) in [6, 6.07) is 8.69. The minimum Gasteiger partial charge on any atom is -0.282 e. The van der Waals surface area contributed by atoms with Crippen LogP contribution in [0.15, 0.2) is 48.2 Å². The van der Waals surface area contributed by atoms with Crippen molar-refractivity contribution in [3.8, 4) is 0 Å². The molecule has 0 aromatic carbocycles. The molecule has 5 heteroatoms. The highest BCUT2D eigenvalue weighted by molar-refractivity contribution is 7.10. The van der Waals surface area contributed by atoms with Gasteiger partial charge in [-0.2, -0.15) is 10.2 Å². The zero-order chi connectivity index (χ0) is 17.9. The summed E-state index contributed by atoms with van der Waals surface area (Å²) >= 11 is 1.83. The number of rotatable bonds is 3. The van der Waals surface area contributed by atoms with Crippen molar-refractivity contribution in [1.82, 2.24) is 20.0 Å². The Morgan fingerprint density at radius 2 is 1.71 bits per heavy atom. The Morgan fingerprint density at radius 1 is 0.958 bits per heavy atom. The van der Waals surface area contributed by atoms with Crippen LogP contribution in [0.2, 0.25) is 0 Å². The van der Waals surface area contributed by atoms with E-state index in [0.29, 0.717) is 17.9 Å². The highest BCUT2D eigenvalue weighted by Gasteiger charge is 1.96. The van der Waals surface area contributed by atoms with Crippen LogP contribution in [0, 0.1) is 0 Å². The molecule has 3 rings (SSSR count). The van der Waals surface area contributed by atoms with E-state index in [4.69, 9.17) is 0 Å². The number of thiophene rings is 1. The van der Waals surface area contributed by atoms with Crippen LogP contribution in [0.1, 0.15) is 70.0 Å². The fourth-order valence-corrected chi connectivity index (χ4v) is 2.54. The number of H-pyrrole nitrogens is 1. The second kappa shape index (κ2) is 10.8. The summed E-state index contributed by atoms with van der Waals surface area (Å²) < 4.78 is 1.92. The summed E-state index contributed by atoms with van der Waals surface area (Å²) in [5.74, 6) is 1.27. The first-order chi connectivity index (χ1) is 11.4. The molecule has 3 aromatic heterocycles. The van der Waals surface area contributed by atoms with Gasteiger partial charge in [0.15, 0.2) is 0 Å². The second-order valence-corrected chi connectivity index (χ2v) is 7.40. The molecule has 0 aliphatic heterocycles. The third-order valence-corrected chi connectivity index (χ3v) is 4.48. The summed E-state index contributed by atoms with van der Waals surface area (Å²) in [6.07, 6.45) is 5.53. The van der Waals surface area contributed by atoms with Gasteiger partial charge >= 0.3 is 0 Å². The Balaban J connectivity index is 0.000000180. The van der Waals surface area contributed by atoms with Crippen molar-refractivity contribution in [3.63, 3.8) is 0 Å². The number of aromatic nitrogens is 4. The number of aromatic amines is 1. The summed E-state index contributed by atoms with van der Waals surface area (Å²) in [4.78, 5) is 1.48. The first-order valence-corrected chi connectivity index (χ1v) is 9.31. The quantitative estimate of drug-likeness (QED) is 0.645. The molecule has 4 nitrogen and oxygen atoms in total. The molecular formula is C19H30N4S. The average molecular weight is 347 g/mol. The number of hydrogen-bond acceptors (Lipinski definition) is 3. The molecule has 0 amide bonds. The SMILES string of the molecule is CC(C)c1cccs1.CC(C)c1ccn[nH]1.CC(C)n1cccn1. The zero-order valence-corrected chi connectivity index (χ0v) is 16.4. The Kier molecular flexibility index (Phi) is 9.08. The third-order valence-electron chi connectivity index (χ3n) is 3.31. The van der Waals surface area contributed by atoms with E-state index in [1.54, 1.807) is 12.4 Å². The van der Waals surface area contributed by atoms with Crippen LogP contribution in [0.25, 0.3) is 0 Å². The van der Waals surface area contributed by atoms with Crippen LogP contribution in [0.3, 0.4) is 0 Å². The number of nitrogens with one attached hydrogen (secondary N) is 1. The lowest BCUT2D eigenvalue weighted by atomic mass is 10.1. The normalized spacial score (nSPS) is 10.4. The number of nitrogens with zero attached hydrogens (tertiary/aromatic N) is 3. The van der Waals surface area contributed by atoms with E-state index in [-0.39, 0.29) is 0 Å². The van der Waals surface area contributed by atoms with Crippen molar-refractivity contribution in [3.05, 3.63) is 58.8 Å². The van der Waals surface area contributed by atoms with Gasteiger partial charge in [-0.25, -0.2) is 0 Å². The van der Waals surface area contributed by atoms with Crippen molar-refractivity contribution >= 4 is 11.3 Å². The molecule has 0 saturated heterocycles. The topological polar surface area (TPSA) is 46.5 Å². The van der Waals surface area contributed by atoms with Gasteiger partial charge in [0.1, 0.15) is 0 Å². The van der Waals surface area contributed by atoms with Gasteiger partial charge in [-0.1, -0.05) is 33.8 Å². The van der Waals surface area contributed by atoms with Gasteiger partial charge in [0.2, 0.25) is 0 Å². The highest BCUT2D eigenvalue weighted by Crippen LogP contribution is 2.18. The molecule has 1 N–H and O–H groups in total. The van der Waals surface area contributed by atoms with Crippen molar-refractivity contribution in [1.29, 1.82) is 0 Å². The Labute approximate surface area is 149 Å². The third kappa shape index (κ3) is 7.59. The molecular weight excluding hydrogens is 316 g/mol. The largest absolute Gasteiger partial charge is 0.282 e. The van der Waals surface area contributed by atoms with Crippen molar-refractivity contribution in [2.24, 2.45) is 0 Å². The molecule has 0 aliphatic rings. The fraction of sp³-hybridized carbons (Fsp3) is 0.474. The van der Waals surface area contributed by atoms with Gasteiger partial charge < -0.3 is 0 Å². The van der Waals surface area contributed by atoms with Gasteiger partial charge in [-0.05, 0) is 49.3 Å². The van der Waals surface area contributed by atoms with E-state index in [1.165, 1.54) is 10.6 Å². The van der Waals surface area contributed by atoms with Crippen LogP contribution >= 0.6 is 11.3 Å². The average Bonchev–Trinajstić information content (AvgIpc) is 3.29. The van der Waals surface area contributed by atoms with E-state index in [0.717, 1.165) is 0 Å². The first kappa shape index (κ1) is 20.2. The lowest BCUT2D eigenvalue weighted by molar-refractivity contribution is 0.532. The Bertz CT molecular complexity index is 518. The van der Waals surface area contributed by atoms with Gasteiger partial charge in [-0.15, -0.1) is 11.3 Å². The number of hydrogen-bond donors (Lipinski definition) is 1. The fourth-order valence-electron chi connectivity index (χ4n) is 1.79. The second-order valence-electron chi connectivity index (χ2n) is 6.42. The van der Waals surface area contributed by atoms with Gasteiger partial charge in [0.05, 0.1) is 0 Å². The zero-order valence-electron chi connectivity index (χ0n) is 15.6. The lowest BCUT2D eigenvalue weighted by Gasteiger charge is -2.01. The molecule has 0 spiro atoms. The van der Waals surface area contributed by atoms with E-state index in [1.807, 2.05) is 34.3 Å². The smallest absolute Gasteiger partial charge is 0.0490 e. The molecule has 0 atom stereocenters. The molecule has 0 saturated carbocycles. The molecule has 3 aromatic rings. The van der Waals surface area contributed by atoms with E-state index in [2.05, 4.69) is 74.4 Å². The van der Waals surface area contributed by atoms with Crippen LogP contribution in [0.5, 0.6) is 0 Å². The predicted molar refractivity (Wildman–Crippen MR) is 104 cm³/mol. The molecule has 0 aliphatic carbocycles. The maximum atomic E-state index is 4.03. The summed E-state index contributed by atoms with van der Waals surface area (Å²) in [6.45, 7) is 12.9. The van der Waals surface area contributed by atoms with E-state index in [9.17, 15) is 0 Å². The molecule has 132 valence electrons. The van der Waals surface area contributed by atoms with Gasteiger partial charge in [-0.3, -0.25) is 9.78 Å². The molecule has 0 fully saturated rings. The van der Waals surface area contributed by atoms with Crippen molar-refractivity contribution in [2.75, 3.05) is 0 Å². The van der Waals surface area contributed by atoms with Gasteiger partial charge in [0, 0.05) is 35.2 Å². The maximum absolute atomic E-state index is 4.03. The van der Waals surface area contributed by atoms with Crippen molar-refractivity contribution in [2.45, 2.75) is 59.4 Å². The van der Waals surface area contributed by atoms with E-state index < -0.39 is 0 Å². The summed E-state index contributed by atoms with van der Waals surface area (Å²) in [7, 11) is 0. The lowest BCUT2D eigenvalue weighted by Crippen LogP contribution is -1.99. The Morgan fingerprint density at radius 3 is 1.96 bits per heavy atom. The minimum atomic E-state index is 0.491.